The number of alkyl halides is 3. The molecule has 0 spiro atoms. The number of halogens is 3. The lowest BCUT2D eigenvalue weighted by Gasteiger charge is -2.29. The van der Waals surface area contributed by atoms with Crippen LogP contribution in [0.3, 0.4) is 0 Å². The van der Waals surface area contributed by atoms with E-state index in [2.05, 4.69) is 20.6 Å². The van der Waals surface area contributed by atoms with Crippen LogP contribution >= 0.6 is 0 Å². The number of alkyl carbamates (subject to hydrolysis) is 1. The largest absolute Gasteiger partial charge is 0.479 e. The van der Waals surface area contributed by atoms with E-state index in [1.54, 1.807) is 47.6 Å². The lowest BCUT2D eigenvalue weighted by Crippen LogP contribution is -2.48. The van der Waals surface area contributed by atoms with Gasteiger partial charge in [-0.25, -0.2) is 4.79 Å². The number of hydrogen-bond donors (Lipinski definition) is 1. The van der Waals surface area contributed by atoms with Crippen molar-refractivity contribution in [3.05, 3.63) is 23.5 Å². The first kappa shape index (κ1) is 23.4. The summed E-state index contributed by atoms with van der Waals surface area (Å²) in [5.41, 5.74) is -1.82. The normalized spacial score (nSPS) is 12.6. The first-order valence-electron chi connectivity index (χ1n) is 9.16. The summed E-state index contributed by atoms with van der Waals surface area (Å²) in [5, 5.41) is 14.1. The summed E-state index contributed by atoms with van der Waals surface area (Å²) in [5.74, 6) is 0.0633. The third-order valence-electron chi connectivity index (χ3n) is 3.81. The molecule has 0 atom stereocenters. The Kier molecular flexibility index (Phi) is 6.34. The summed E-state index contributed by atoms with van der Waals surface area (Å²) < 4.78 is 51.7. The van der Waals surface area contributed by atoms with Gasteiger partial charge in [-0.15, -0.1) is 5.10 Å². The summed E-state index contributed by atoms with van der Waals surface area (Å²) >= 11 is 0. The Morgan fingerprint density at radius 3 is 2.30 bits per heavy atom. The Labute approximate surface area is 172 Å². The van der Waals surface area contributed by atoms with Crippen LogP contribution in [0.2, 0.25) is 0 Å². The molecule has 30 heavy (non-hydrogen) atoms. The van der Waals surface area contributed by atoms with Crippen LogP contribution in [0.5, 0.6) is 5.88 Å². The smallest absolute Gasteiger partial charge is 0.435 e. The van der Waals surface area contributed by atoms with Crippen LogP contribution in [0.25, 0.3) is 11.3 Å². The second-order valence-electron chi connectivity index (χ2n) is 8.49. The Bertz CT molecular complexity index is 917. The zero-order chi connectivity index (χ0) is 22.9. The molecule has 8 nitrogen and oxygen atoms in total. The summed E-state index contributed by atoms with van der Waals surface area (Å²) in [6.07, 6.45) is -5.33. The minimum atomic E-state index is -4.65. The monoisotopic (exact) mass is 429 g/mol. The third-order valence-corrected chi connectivity index (χ3v) is 3.81. The number of methoxy groups -OCH3 is 1. The molecular weight excluding hydrogens is 403 g/mol. The van der Waals surface area contributed by atoms with Crippen molar-refractivity contribution in [1.29, 1.82) is 0 Å². The molecule has 0 saturated heterocycles. The van der Waals surface area contributed by atoms with Crippen LogP contribution in [0.4, 0.5) is 18.0 Å². The number of aromatic nitrogens is 4. The molecule has 0 bridgehead atoms. The van der Waals surface area contributed by atoms with Gasteiger partial charge in [0.2, 0.25) is 5.88 Å². The number of carbonyl (C=O) groups is 1. The van der Waals surface area contributed by atoms with Crippen molar-refractivity contribution >= 4 is 6.09 Å². The highest BCUT2D eigenvalue weighted by atomic mass is 19.4. The van der Waals surface area contributed by atoms with Crippen molar-refractivity contribution in [1.82, 2.24) is 25.3 Å². The average molecular weight is 429 g/mol. The molecule has 0 saturated carbocycles. The fourth-order valence-corrected chi connectivity index (χ4v) is 2.70. The summed E-state index contributed by atoms with van der Waals surface area (Å²) in [6.45, 7) is 10.0. The molecule has 0 aliphatic carbocycles. The molecule has 0 fully saturated rings. The maximum atomic E-state index is 13.4. The predicted molar refractivity (Wildman–Crippen MR) is 103 cm³/mol. The van der Waals surface area contributed by atoms with Gasteiger partial charge < -0.3 is 14.8 Å². The van der Waals surface area contributed by atoms with E-state index in [1.807, 2.05) is 0 Å². The van der Waals surface area contributed by atoms with Gasteiger partial charge in [-0.1, -0.05) is 0 Å². The highest BCUT2D eigenvalue weighted by Crippen LogP contribution is 2.35. The summed E-state index contributed by atoms with van der Waals surface area (Å²) in [7, 11) is 1.35. The fraction of sp³-hybridized carbons (Fsp3) is 0.579. The predicted octanol–water partition coefficient (Wildman–Crippen LogP) is 3.98. The van der Waals surface area contributed by atoms with Crippen LogP contribution in [0.1, 0.15) is 46.0 Å². The van der Waals surface area contributed by atoms with Gasteiger partial charge >= 0.3 is 12.3 Å². The minimum absolute atomic E-state index is 0.0633. The number of nitrogens with one attached hydrogen (secondary N) is 1. The topological polar surface area (TPSA) is 91.2 Å². The molecule has 0 aromatic carbocycles. The molecule has 0 aliphatic heterocycles. The van der Waals surface area contributed by atoms with Gasteiger partial charge in [0.1, 0.15) is 5.60 Å². The molecule has 2 aromatic heterocycles. The molecule has 2 aromatic rings. The van der Waals surface area contributed by atoms with Crippen LogP contribution in [0.15, 0.2) is 12.1 Å². The van der Waals surface area contributed by atoms with E-state index in [-0.39, 0.29) is 18.1 Å². The maximum Gasteiger partial charge on any atom is 0.435 e. The van der Waals surface area contributed by atoms with Crippen molar-refractivity contribution in [2.24, 2.45) is 0 Å². The maximum absolute atomic E-state index is 13.4. The molecule has 0 unspecified atom stereocenters. The molecule has 1 N–H and O–H groups in total. The van der Waals surface area contributed by atoms with Crippen molar-refractivity contribution < 1.29 is 27.4 Å². The van der Waals surface area contributed by atoms with Gasteiger partial charge in [0.25, 0.3) is 0 Å². The number of carbonyl (C=O) groups excluding carboxylic acids is 1. The lowest BCUT2D eigenvalue weighted by molar-refractivity contribution is -0.141. The van der Waals surface area contributed by atoms with Crippen molar-refractivity contribution in [3.63, 3.8) is 0 Å². The summed E-state index contributed by atoms with van der Waals surface area (Å²) in [6, 6.07) is 2.48. The van der Waals surface area contributed by atoms with E-state index in [4.69, 9.17) is 9.47 Å². The van der Waals surface area contributed by atoms with Gasteiger partial charge in [-0.2, -0.15) is 23.4 Å². The first-order chi connectivity index (χ1) is 13.6. The highest BCUT2D eigenvalue weighted by molar-refractivity contribution is 5.69. The Balaban J connectivity index is 2.46. The molecule has 2 heterocycles. The van der Waals surface area contributed by atoms with Crippen molar-refractivity contribution in [2.75, 3.05) is 7.11 Å². The van der Waals surface area contributed by atoms with E-state index in [0.29, 0.717) is 11.3 Å². The van der Waals surface area contributed by atoms with Crippen LogP contribution < -0.4 is 10.1 Å². The third kappa shape index (κ3) is 6.07. The quantitative estimate of drug-likeness (QED) is 0.773. The zero-order valence-electron chi connectivity index (χ0n) is 18.0. The second-order valence-corrected chi connectivity index (χ2v) is 8.49. The number of nitrogens with zero attached hydrogens (tertiary/aromatic N) is 4. The summed E-state index contributed by atoms with van der Waals surface area (Å²) in [4.78, 5) is 12.1. The van der Waals surface area contributed by atoms with Crippen molar-refractivity contribution in [2.45, 2.75) is 65.4 Å². The minimum Gasteiger partial charge on any atom is -0.479 e. The number of ether oxygens (including phenoxy) is 2. The Morgan fingerprint density at radius 2 is 1.77 bits per heavy atom. The number of aryl methyl sites for hydroxylation is 1. The standard InChI is InChI=1S/C19H26F3N5O3/c1-11-8-12(15(29-7)25-24-11)13-9-14(19(20,21)22)26-27(13)10-18(5,6)23-16(28)30-17(2,3)4/h8-9H,10H2,1-7H3,(H,23,28). The molecule has 0 radical (unpaired) electrons. The Hall–Kier alpha value is -2.85. The van der Waals surface area contributed by atoms with E-state index >= 15 is 0 Å². The second kappa shape index (κ2) is 8.11. The van der Waals surface area contributed by atoms with Crippen LogP contribution in [-0.4, -0.2) is 44.3 Å². The van der Waals surface area contributed by atoms with E-state index in [9.17, 15) is 18.0 Å². The number of amides is 1. The van der Waals surface area contributed by atoms with Crippen LogP contribution in [-0.2, 0) is 17.5 Å². The van der Waals surface area contributed by atoms with E-state index in [1.165, 1.54) is 11.8 Å². The molecular formula is C19H26F3N5O3. The van der Waals surface area contributed by atoms with Crippen LogP contribution in [0, 0.1) is 6.92 Å². The van der Waals surface area contributed by atoms with Crippen molar-refractivity contribution in [3.8, 4) is 17.1 Å². The Morgan fingerprint density at radius 1 is 1.13 bits per heavy atom. The van der Waals surface area contributed by atoms with Gasteiger partial charge in [-0.3, -0.25) is 4.68 Å². The average Bonchev–Trinajstić information content (AvgIpc) is 2.95. The number of hydrogen-bond acceptors (Lipinski definition) is 6. The molecule has 11 heteroatoms. The van der Waals surface area contributed by atoms with Gasteiger partial charge in [-0.05, 0) is 53.7 Å². The fourth-order valence-electron chi connectivity index (χ4n) is 2.70. The zero-order valence-corrected chi connectivity index (χ0v) is 18.0. The van der Waals surface area contributed by atoms with Gasteiger partial charge in [0.15, 0.2) is 5.69 Å². The van der Waals surface area contributed by atoms with E-state index in [0.717, 1.165) is 6.07 Å². The van der Waals surface area contributed by atoms with Gasteiger partial charge in [0, 0.05) is 0 Å². The highest BCUT2D eigenvalue weighted by Gasteiger charge is 2.36. The number of rotatable bonds is 5. The molecule has 166 valence electrons. The van der Waals surface area contributed by atoms with E-state index < -0.39 is 29.1 Å². The first-order valence-corrected chi connectivity index (χ1v) is 9.16. The molecule has 0 aliphatic rings. The molecule has 1 amide bonds. The van der Waals surface area contributed by atoms with Gasteiger partial charge in [0.05, 0.1) is 36.1 Å². The SMILES string of the molecule is COc1nnc(C)cc1-c1cc(C(F)(F)F)nn1CC(C)(C)NC(=O)OC(C)(C)C. The molecule has 2 rings (SSSR count). The lowest BCUT2D eigenvalue weighted by atomic mass is 10.1.